The largest absolute Gasteiger partial charge is 0.453 e. The van der Waals surface area contributed by atoms with Gasteiger partial charge in [0, 0.05) is 6.54 Å². The zero-order valence-corrected chi connectivity index (χ0v) is 12.8. The van der Waals surface area contributed by atoms with Gasteiger partial charge in [0.2, 0.25) is 5.95 Å². The van der Waals surface area contributed by atoms with Gasteiger partial charge in [0.25, 0.3) is 0 Å². The molecule has 0 saturated carbocycles. The third-order valence-corrected chi connectivity index (χ3v) is 3.22. The topological polar surface area (TPSA) is 85.2 Å². The highest BCUT2D eigenvalue weighted by Crippen LogP contribution is 2.19. The minimum Gasteiger partial charge on any atom is -0.453 e. The maximum Gasteiger partial charge on any atom is 0.413 e. The lowest BCUT2D eigenvalue weighted by Crippen LogP contribution is -2.31. The third kappa shape index (κ3) is 3.55. The lowest BCUT2D eigenvalue weighted by atomic mass is 10.2. The van der Waals surface area contributed by atoms with E-state index in [1.807, 2.05) is 12.1 Å². The number of unbranched alkanes of at least 4 members (excludes halogenated alkanes) is 2. The van der Waals surface area contributed by atoms with Crippen molar-refractivity contribution in [2.45, 2.75) is 26.2 Å². The fourth-order valence-corrected chi connectivity index (χ4v) is 2.11. The van der Waals surface area contributed by atoms with Crippen LogP contribution in [0.5, 0.6) is 0 Å². The molecule has 1 heterocycles. The lowest BCUT2D eigenvalue weighted by Gasteiger charge is -2.09. The summed E-state index contributed by atoms with van der Waals surface area (Å²) in [5.74, 6) is 0.140. The molecule has 7 heteroatoms. The average molecular weight is 304 g/mol. The Morgan fingerprint density at radius 2 is 2.05 bits per heavy atom. The number of hydrogen-bond donors (Lipinski definition) is 2. The zero-order chi connectivity index (χ0) is 15.9. The van der Waals surface area contributed by atoms with Crippen LogP contribution >= 0.6 is 0 Å². The first-order valence-electron chi connectivity index (χ1n) is 7.28. The number of rotatable bonds is 5. The number of ether oxygens (including phenoxy) is 1. The van der Waals surface area contributed by atoms with Gasteiger partial charge in [-0.2, -0.15) is 0 Å². The van der Waals surface area contributed by atoms with Crippen LogP contribution in [0.2, 0.25) is 0 Å². The van der Waals surface area contributed by atoms with Gasteiger partial charge in [-0.1, -0.05) is 31.9 Å². The van der Waals surface area contributed by atoms with Crippen LogP contribution in [0, 0.1) is 0 Å². The molecular formula is C15H20N4O3. The second-order valence-electron chi connectivity index (χ2n) is 4.82. The van der Waals surface area contributed by atoms with E-state index in [2.05, 4.69) is 27.3 Å². The van der Waals surface area contributed by atoms with Crippen LogP contribution in [0.1, 0.15) is 26.2 Å². The average Bonchev–Trinajstić information content (AvgIpc) is 2.89. The molecule has 2 rings (SSSR count). The summed E-state index contributed by atoms with van der Waals surface area (Å²) in [5.41, 5.74) is 1.25. The molecule has 1 aromatic heterocycles. The predicted molar refractivity (Wildman–Crippen MR) is 84.1 cm³/mol. The van der Waals surface area contributed by atoms with E-state index in [1.165, 1.54) is 11.7 Å². The van der Waals surface area contributed by atoms with Crippen LogP contribution in [0.25, 0.3) is 11.0 Å². The first kappa shape index (κ1) is 15.8. The molecule has 0 unspecified atom stereocenters. The second kappa shape index (κ2) is 7.44. The number of carbonyl (C=O) groups excluding carboxylic acids is 2. The van der Waals surface area contributed by atoms with Crippen molar-refractivity contribution >= 4 is 29.1 Å². The molecule has 0 bridgehead atoms. The van der Waals surface area contributed by atoms with E-state index in [9.17, 15) is 9.59 Å². The summed E-state index contributed by atoms with van der Waals surface area (Å²) >= 11 is 0. The summed E-state index contributed by atoms with van der Waals surface area (Å²) in [7, 11) is 1.26. The highest BCUT2D eigenvalue weighted by Gasteiger charge is 2.18. The molecule has 1 aromatic carbocycles. The normalized spacial score (nSPS) is 10.5. The molecule has 0 aliphatic heterocycles. The summed E-state index contributed by atoms with van der Waals surface area (Å²) in [4.78, 5) is 28.1. The van der Waals surface area contributed by atoms with Crippen molar-refractivity contribution in [3.63, 3.8) is 0 Å². The Labute approximate surface area is 128 Å². The molecule has 7 nitrogen and oxygen atoms in total. The van der Waals surface area contributed by atoms with Gasteiger partial charge in [-0.3, -0.25) is 5.32 Å². The number of para-hydroxylation sites is 2. The van der Waals surface area contributed by atoms with E-state index in [4.69, 9.17) is 0 Å². The van der Waals surface area contributed by atoms with Gasteiger partial charge < -0.3 is 10.1 Å². The van der Waals surface area contributed by atoms with Crippen molar-refractivity contribution in [2.24, 2.45) is 0 Å². The molecule has 2 N–H and O–H groups in total. The summed E-state index contributed by atoms with van der Waals surface area (Å²) in [6.07, 6.45) is 2.38. The first-order chi connectivity index (χ1) is 10.7. The fourth-order valence-electron chi connectivity index (χ4n) is 2.11. The second-order valence-corrected chi connectivity index (χ2v) is 4.82. The predicted octanol–water partition coefficient (Wildman–Crippen LogP) is 2.96. The van der Waals surface area contributed by atoms with Crippen LogP contribution in [0.3, 0.4) is 0 Å². The van der Waals surface area contributed by atoms with Crippen LogP contribution < -0.4 is 10.6 Å². The Balaban J connectivity index is 2.26. The Morgan fingerprint density at radius 1 is 1.27 bits per heavy atom. The van der Waals surface area contributed by atoms with E-state index < -0.39 is 6.09 Å². The number of fused-ring (bicyclic) bond motifs is 1. The fraction of sp³-hybridized carbons (Fsp3) is 0.400. The molecule has 22 heavy (non-hydrogen) atoms. The van der Waals surface area contributed by atoms with Gasteiger partial charge >= 0.3 is 12.1 Å². The molecule has 0 aliphatic carbocycles. The van der Waals surface area contributed by atoms with Crippen molar-refractivity contribution in [1.29, 1.82) is 0 Å². The maximum atomic E-state index is 12.4. The molecule has 0 atom stereocenters. The van der Waals surface area contributed by atoms with Gasteiger partial charge in [-0.25, -0.2) is 19.1 Å². The van der Waals surface area contributed by atoms with E-state index >= 15 is 0 Å². The van der Waals surface area contributed by atoms with E-state index in [0.717, 1.165) is 19.3 Å². The number of benzene rings is 1. The number of methoxy groups -OCH3 is 1. The number of nitrogens with one attached hydrogen (secondary N) is 2. The number of carbonyl (C=O) groups is 2. The SMILES string of the molecule is CCCCCNC(=O)n1c(NC(=O)OC)nc2ccccc21. The highest BCUT2D eigenvalue weighted by atomic mass is 16.5. The number of amides is 2. The third-order valence-electron chi connectivity index (χ3n) is 3.22. The van der Waals surface area contributed by atoms with E-state index in [0.29, 0.717) is 17.6 Å². The van der Waals surface area contributed by atoms with Gasteiger partial charge in [0.05, 0.1) is 18.1 Å². The number of imidazole rings is 1. The quantitative estimate of drug-likeness (QED) is 0.832. The van der Waals surface area contributed by atoms with E-state index in [1.54, 1.807) is 12.1 Å². The summed E-state index contributed by atoms with van der Waals surface area (Å²) in [6, 6.07) is 6.86. The molecule has 0 spiro atoms. The Bertz CT molecular complexity index is 666. The zero-order valence-electron chi connectivity index (χ0n) is 12.8. The summed E-state index contributed by atoms with van der Waals surface area (Å²) in [6.45, 7) is 2.68. The van der Waals surface area contributed by atoms with Crippen molar-refractivity contribution in [3.8, 4) is 0 Å². The van der Waals surface area contributed by atoms with Crippen molar-refractivity contribution < 1.29 is 14.3 Å². The first-order valence-corrected chi connectivity index (χ1v) is 7.28. The number of anilines is 1. The van der Waals surface area contributed by atoms with Crippen molar-refractivity contribution in [2.75, 3.05) is 19.0 Å². The lowest BCUT2D eigenvalue weighted by molar-refractivity contribution is 0.186. The molecule has 2 aromatic rings. The van der Waals surface area contributed by atoms with Crippen molar-refractivity contribution in [1.82, 2.24) is 14.9 Å². The number of hydrogen-bond acceptors (Lipinski definition) is 4. The van der Waals surface area contributed by atoms with Gasteiger partial charge in [0.15, 0.2) is 0 Å². The van der Waals surface area contributed by atoms with Gasteiger partial charge in [0.1, 0.15) is 0 Å². The van der Waals surface area contributed by atoms with Gasteiger partial charge in [-0.15, -0.1) is 0 Å². The standard InChI is InChI=1S/C15H20N4O3/c1-3-4-7-10-16-14(20)19-12-9-6-5-8-11(12)17-13(19)18-15(21)22-2/h5-6,8-9H,3-4,7,10H2,1-2H3,(H,16,20)(H,17,18,21). The smallest absolute Gasteiger partial charge is 0.413 e. The summed E-state index contributed by atoms with van der Waals surface area (Å²) in [5, 5.41) is 5.30. The monoisotopic (exact) mass is 304 g/mol. The molecule has 0 aliphatic rings. The Kier molecular flexibility index (Phi) is 5.35. The molecule has 0 radical (unpaired) electrons. The maximum absolute atomic E-state index is 12.4. The minimum atomic E-state index is -0.671. The molecule has 2 amide bonds. The Morgan fingerprint density at radius 3 is 2.77 bits per heavy atom. The van der Waals surface area contributed by atoms with Crippen LogP contribution in [-0.2, 0) is 4.74 Å². The van der Waals surface area contributed by atoms with Crippen LogP contribution in [0.4, 0.5) is 15.5 Å². The van der Waals surface area contributed by atoms with Crippen LogP contribution in [-0.4, -0.2) is 35.3 Å². The Hall–Kier alpha value is -2.57. The molecular weight excluding hydrogens is 284 g/mol. The number of aromatic nitrogens is 2. The molecule has 0 saturated heterocycles. The number of nitrogens with zero attached hydrogens (tertiary/aromatic N) is 2. The molecule has 118 valence electrons. The van der Waals surface area contributed by atoms with E-state index in [-0.39, 0.29) is 12.0 Å². The summed E-state index contributed by atoms with van der Waals surface area (Å²) < 4.78 is 5.91. The minimum absolute atomic E-state index is 0.140. The van der Waals surface area contributed by atoms with Crippen LogP contribution in [0.15, 0.2) is 24.3 Å². The molecule has 0 fully saturated rings. The van der Waals surface area contributed by atoms with Gasteiger partial charge in [-0.05, 0) is 18.6 Å². The highest BCUT2D eigenvalue weighted by molar-refractivity contribution is 5.96. The van der Waals surface area contributed by atoms with Crippen molar-refractivity contribution in [3.05, 3.63) is 24.3 Å².